The maximum absolute atomic E-state index is 12.5. The molecule has 1 N–H and O–H groups in total. The van der Waals surface area contributed by atoms with Crippen LogP contribution in [-0.2, 0) is 11.2 Å². The molecule has 5 rings (SSSR count). The van der Waals surface area contributed by atoms with Gasteiger partial charge in [0.25, 0.3) is 5.91 Å². The topological polar surface area (TPSA) is 65.5 Å². The molecule has 0 aliphatic carbocycles. The predicted octanol–water partition coefficient (Wildman–Crippen LogP) is 2.89. The third-order valence-corrected chi connectivity index (χ3v) is 7.06. The van der Waals surface area contributed by atoms with Gasteiger partial charge in [-0.1, -0.05) is 30.3 Å². The standard InChI is InChI=1S/C25H30N4O2/c30-24-8-4-7-22-21-13-19(16-29(22)24)15-28(17-21)23-10-9-20(14-27-23)25(31)26-12-11-18-5-2-1-3-6-18/h1-3,5-6,9-10,14,19,21-22H,4,7-8,11-13,15-17H2,(H,26,31)/t19?,21?,22-/m1/s1. The van der Waals surface area contributed by atoms with Crippen LogP contribution in [0.1, 0.15) is 41.6 Å². The van der Waals surface area contributed by atoms with Gasteiger partial charge in [0.1, 0.15) is 5.82 Å². The number of piperidine rings is 3. The Morgan fingerprint density at radius 3 is 2.77 bits per heavy atom. The van der Waals surface area contributed by atoms with Crippen LogP contribution in [-0.4, -0.2) is 53.9 Å². The van der Waals surface area contributed by atoms with Gasteiger partial charge in [-0.3, -0.25) is 9.59 Å². The fourth-order valence-electron chi connectivity index (χ4n) is 5.57. The first-order valence-electron chi connectivity index (χ1n) is 11.5. The SMILES string of the molecule is O=C(NCCc1ccccc1)c1ccc(N2CC3CC(C2)[C@H]2CCCC(=O)N2C3)nc1. The number of pyridine rings is 1. The van der Waals surface area contributed by atoms with Crippen LogP contribution in [0.3, 0.4) is 0 Å². The molecule has 3 aliphatic heterocycles. The number of benzene rings is 1. The summed E-state index contributed by atoms with van der Waals surface area (Å²) in [6.45, 7) is 3.37. The minimum absolute atomic E-state index is 0.0816. The number of carbonyl (C=O) groups excluding carboxylic acids is 2. The van der Waals surface area contributed by atoms with E-state index in [-0.39, 0.29) is 5.91 Å². The average Bonchev–Trinajstić information content (AvgIpc) is 2.80. The maximum atomic E-state index is 12.5. The molecule has 4 heterocycles. The molecule has 3 atom stereocenters. The van der Waals surface area contributed by atoms with Crippen molar-refractivity contribution < 1.29 is 9.59 Å². The number of hydrogen-bond donors (Lipinski definition) is 1. The van der Waals surface area contributed by atoms with Gasteiger partial charge in [-0.15, -0.1) is 0 Å². The van der Waals surface area contributed by atoms with Gasteiger partial charge < -0.3 is 15.1 Å². The van der Waals surface area contributed by atoms with Crippen LogP contribution in [0.2, 0.25) is 0 Å². The predicted molar refractivity (Wildman–Crippen MR) is 120 cm³/mol. The van der Waals surface area contributed by atoms with Crippen molar-refractivity contribution in [3.63, 3.8) is 0 Å². The van der Waals surface area contributed by atoms with Crippen LogP contribution in [0.15, 0.2) is 48.7 Å². The van der Waals surface area contributed by atoms with E-state index in [2.05, 4.69) is 32.2 Å². The molecule has 3 saturated heterocycles. The second-order valence-electron chi connectivity index (χ2n) is 9.17. The van der Waals surface area contributed by atoms with Crippen molar-refractivity contribution >= 4 is 17.6 Å². The Hall–Kier alpha value is -2.89. The van der Waals surface area contributed by atoms with E-state index in [0.29, 0.717) is 35.9 Å². The molecule has 2 amide bonds. The number of hydrogen-bond acceptors (Lipinski definition) is 4. The molecule has 31 heavy (non-hydrogen) atoms. The van der Waals surface area contributed by atoms with Crippen molar-refractivity contribution in [2.24, 2.45) is 11.8 Å². The van der Waals surface area contributed by atoms with Gasteiger partial charge in [0.15, 0.2) is 0 Å². The van der Waals surface area contributed by atoms with E-state index in [1.54, 1.807) is 6.20 Å². The summed E-state index contributed by atoms with van der Waals surface area (Å²) in [6, 6.07) is 14.4. The molecule has 6 nitrogen and oxygen atoms in total. The smallest absolute Gasteiger partial charge is 0.252 e. The van der Waals surface area contributed by atoms with Crippen molar-refractivity contribution in [3.8, 4) is 0 Å². The molecule has 0 radical (unpaired) electrons. The van der Waals surface area contributed by atoms with Gasteiger partial charge in [-0.05, 0) is 55.2 Å². The fourth-order valence-corrected chi connectivity index (χ4v) is 5.57. The van der Waals surface area contributed by atoms with E-state index < -0.39 is 0 Å². The minimum Gasteiger partial charge on any atom is -0.356 e. The zero-order valence-electron chi connectivity index (χ0n) is 17.9. The van der Waals surface area contributed by atoms with Crippen LogP contribution >= 0.6 is 0 Å². The molecule has 6 heteroatoms. The summed E-state index contributed by atoms with van der Waals surface area (Å²) >= 11 is 0. The van der Waals surface area contributed by atoms with Gasteiger partial charge in [-0.25, -0.2) is 4.98 Å². The molecule has 2 aromatic rings. The summed E-state index contributed by atoms with van der Waals surface area (Å²) in [5.74, 6) is 2.24. The molecule has 3 fully saturated rings. The van der Waals surface area contributed by atoms with Crippen molar-refractivity contribution in [3.05, 3.63) is 59.8 Å². The van der Waals surface area contributed by atoms with E-state index in [1.165, 1.54) is 12.0 Å². The first kappa shape index (κ1) is 20.0. The van der Waals surface area contributed by atoms with E-state index in [1.807, 2.05) is 30.3 Å². The number of aromatic nitrogens is 1. The Kier molecular flexibility index (Phi) is 5.62. The summed E-state index contributed by atoms with van der Waals surface area (Å²) in [4.78, 5) is 33.9. The van der Waals surface area contributed by atoms with E-state index in [4.69, 9.17) is 0 Å². The van der Waals surface area contributed by atoms with Crippen LogP contribution < -0.4 is 10.2 Å². The summed E-state index contributed by atoms with van der Waals surface area (Å²) in [5.41, 5.74) is 1.81. The Bertz CT molecular complexity index is 930. The van der Waals surface area contributed by atoms with Gasteiger partial charge in [-0.2, -0.15) is 0 Å². The number of anilines is 1. The van der Waals surface area contributed by atoms with Gasteiger partial charge in [0.2, 0.25) is 5.91 Å². The summed E-state index contributed by atoms with van der Waals surface area (Å²) in [5, 5.41) is 2.98. The highest BCUT2D eigenvalue weighted by Crippen LogP contribution is 2.38. The number of nitrogens with zero attached hydrogens (tertiary/aromatic N) is 3. The summed E-state index contributed by atoms with van der Waals surface area (Å²) in [7, 11) is 0. The highest BCUT2D eigenvalue weighted by Gasteiger charge is 2.44. The van der Waals surface area contributed by atoms with E-state index in [9.17, 15) is 9.59 Å². The van der Waals surface area contributed by atoms with Crippen molar-refractivity contribution in [1.82, 2.24) is 15.2 Å². The van der Waals surface area contributed by atoms with Crippen molar-refractivity contribution in [2.75, 3.05) is 31.1 Å². The van der Waals surface area contributed by atoms with Crippen molar-refractivity contribution in [1.29, 1.82) is 0 Å². The lowest BCUT2D eigenvalue weighted by Gasteiger charge is -2.52. The number of carbonyl (C=O) groups is 2. The molecule has 3 aliphatic rings. The Morgan fingerprint density at radius 2 is 1.97 bits per heavy atom. The second kappa shape index (κ2) is 8.69. The van der Waals surface area contributed by atoms with Gasteiger partial charge >= 0.3 is 0 Å². The summed E-state index contributed by atoms with van der Waals surface area (Å²) in [6.07, 6.45) is 6.59. The fraction of sp³-hybridized carbons (Fsp3) is 0.480. The third kappa shape index (κ3) is 4.29. The molecule has 1 aromatic carbocycles. The molecular weight excluding hydrogens is 388 g/mol. The molecular formula is C25H30N4O2. The lowest BCUT2D eigenvalue weighted by molar-refractivity contribution is -0.142. The van der Waals surface area contributed by atoms with Crippen molar-refractivity contribution in [2.45, 2.75) is 38.1 Å². The number of rotatable bonds is 5. The van der Waals surface area contributed by atoms with Gasteiger partial charge in [0, 0.05) is 44.8 Å². The zero-order valence-corrected chi connectivity index (χ0v) is 17.9. The minimum atomic E-state index is -0.0816. The van der Waals surface area contributed by atoms with Crippen LogP contribution in [0.4, 0.5) is 5.82 Å². The second-order valence-corrected chi connectivity index (χ2v) is 9.17. The molecule has 162 valence electrons. The van der Waals surface area contributed by atoms with Crippen LogP contribution in [0.5, 0.6) is 0 Å². The quantitative estimate of drug-likeness (QED) is 0.811. The van der Waals surface area contributed by atoms with Crippen LogP contribution in [0, 0.1) is 11.8 Å². The first-order chi connectivity index (χ1) is 15.2. The number of amides is 2. The Labute approximate surface area is 183 Å². The zero-order chi connectivity index (χ0) is 21.2. The highest BCUT2D eigenvalue weighted by molar-refractivity contribution is 5.94. The molecule has 0 saturated carbocycles. The molecule has 1 aromatic heterocycles. The number of fused-ring (bicyclic) bond motifs is 4. The maximum Gasteiger partial charge on any atom is 0.252 e. The van der Waals surface area contributed by atoms with Crippen LogP contribution in [0.25, 0.3) is 0 Å². The Morgan fingerprint density at radius 1 is 1.10 bits per heavy atom. The largest absolute Gasteiger partial charge is 0.356 e. The normalized spacial score (nSPS) is 25.2. The summed E-state index contributed by atoms with van der Waals surface area (Å²) < 4.78 is 0. The Balaban J connectivity index is 1.18. The average molecular weight is 419 g/mol. The molecule has 2 unspecified atom stereocenters. The van der Waals surface area contributed by atoms with E-state index in [0.717, 1.165) is 51.1 Å². The third-order valence-electron chi connectivity index (χ3n) is 7.06. The monoisotopic (exact) mass is 418 g/mol. The lowest BCUT2D eigenvalue weighted by atomic mass is 9.76. The molecule has 0 spiro atoms. The lowest BCUT2D eigenvalue weighted by Crippen LogP contribution is -2.60. The molecule has 2 bridgehead atoms. The van der Waals surface area contributed by atoms with Gasteiger partial charge in [0.05, 0.1) is 5.56 Å². The highest BCUT2D eigenvalue weighted by atomic mass is 16.2. The number of nitrogens with one attached hydrogen (secondary N) is 1. The van der Waals surface area contributed by atoms with E-state index >= 15 is 0 Å². The first-order valence-corrected chi connectivity index (χ1v) is 11.5.